The Bertz CT molecular complexity index is 498. The summed E-state index contributed by atoms with van der Waals surface area (Å²) in [5.41, 5.74) is 0. The van der Waals surface area contributed by atoms with Gasteiger partial charge in [-0.25, -0.2) is 0 Å². The minimum Gasteiger partial charge on any atom is -0.423 e. The highest BCUT2D eigenvalue weighted by Gasteiger charge is 2.28. The van der Waals surface area contributed by atoms with Crippen LogP contribution in [0, 0.1) is 5.92 Å². The SMILES string of the molecule is CCCCCCCCCCCCCCCCCCCCCCCC(=O)OC(C)(C)OC(=O)C(C)C. The maximum absolute atomic E-state index is 12.0. The van der Waals surface area contributed by atoms with Crippen LogP contribution in [0.1, 0.15) is 176 Å². The third-order valence-corrected chi connectivity index (χ3v) is 6.66. The molecular weight excluding hydrogens is 436 g/mol. The zero-order valence-corrected chi connectivity index (χ0v) is 24.3. The number of rotatable bonds is 25. The van der Waals surface area contributed by atoms with Crippen molar-refractivity contribution in [3.05, 3.63) is 0 Å². The second-order valence-electron chi connectivity index (χ2n) is 11.3. The van der Waals surface area contributed by atoms with E-state index < -0.39 is 5.79 Å². The molecule has 0 saturated heterocycles. The van der Waals surface area contributed by atoms with E-state index in [9.17, 15) is 9.59 Å². The topological polar surface area (TPSA) is 52.6 Å². The molecule has 0 fully saturated rings. The first kappa shape index (κ1) is 33.9. The molecular formula is C31H60O4. The lowest BCUT2D eigenvalue weighted by Crippen LogP contribution is -2.35. The van der Waals surface area contributed by atoms with E-state index in [4.69, 9.17) is 9.47 Å². The minimum atomic E-state index is -1.19. The summed E-state index contributed by atoms with van der Waals surface area (Å²) in [4.78, 5) is 23.7. The maximum atomic E-state index is 12.0. The molecule has 0 aliphatic carbocycles. The summed E-state index contributed by atoms with van der Waals surface area (Å²) in [6.45, 7) is 9.04. The molecule has 0 aliphatic rings. The van der Waals surface area contributed by atoms with E-state index in [0.29, 0.717) is 6.42 Å². The lowest BCUT2D eigenvalue weighted by atomic mass is 10.0. The Labute approximate surface area is 218 Å². The van der Waals surface area contributed by atoms with Crippen LogP contribution in [0.3, 0.4) is 0 Å². The van der Waals surface area contributed by atoms with Crippen LogP contribution in [0.25, 0.3) is 0 Å². The summed E-state index contributed by atoms with van der Waals surface area (Å²) in [6, 6.07) is 0. The number of carbonyl (C=O) groups is 2. The predicted molar refractivity (Wildman–Crippen MR) is 148 cm³/mol. The number of ether oxygens (including phenoxy) is 2. The number of carbonyl (C=O) groups excluding carboxylic acids is 2. The molecule has 0 aromatic carbocycles. The van der Waals surface area contributed by atoms with E-state index >= 15 is 0 Å². The maximum Gasteiger partial charge on any atom is 0.311 e. The number of hydrogen-bond donors (Lipinski definition) is 0. The van der Waals surface area contributed by atoms with Crippen molar-refractivity contribution in [2.75, 3.05) is 0 Å². The molecule has 0 aliphatic heterocycles. The monoisotopic (exact) mass is 496 g/mol. The molecule has 0 spiro atoms. The van der Waals surface area contributed by atoms with Gasteiger partial charge in [0.1, 0.15) is 0 Å². The van der Waals surface area contributed by atoms with Gasteiger partial charge in [-0.05, 0) is 6.42 Å². The van der Waals surface area contributed by atoms with Gasteiger partial charge >= 0.3 is 11.9 Å². The van der Waals surface area contributed by atoms with Gasteiger partial charge in [-0.1, -0.05) is 149 Å². The molecule has 0 amide bonds. The standard InChI is InChI=1S/C31H60O4/c1-6-7-8-9-10-11-12-13-14-15-16-17-18-19-20-21-22-23-24-25-26-27-29(32)34-31(4,5)35-30(33)28(2)3/h28H,6-27H2,1-5H3. The van der Waals surface area contributed by atoms with Gasteiger partial charge in [-0.3, -0.25) is 9.59 Å². The smallest absolute Gasteiger partial charge is 0.311 e. The Morgan fingerprint density at radius 2 is 0.857 bits per heavy atom. The highest BCUT2D eigenvalue weighted by Crippen LogP contribution is 2.18. The highest BCUT2D eigenvalue weighted by atomic mass is 16.7. The third-order valence-electron chi connectivity index (χ3n) is 6.66. The molecule has 35 heavy (non-hydrogen) atoms. The van der Waals surface area contributed by atoms with Crippen LogP contribution in [-0.4, -0.2) is 17.7 Å². The van der Waals surface area contributed by atoms with Gasteiger partial charge in [-0.2, -0.15) is 0 Å². The average molecular weight is 497 g/mol. The molecule has 4 nitrogen and oxygen atoms in total. The second kappa shape index (κ2) is 23.3. The lowest BCUT2D eigenvalue weighted by Gasteiger charge is -2.25. The van der Waals surface area contributed by atoms with Crippen molar-refractivity contribution in [3.8, 4) is 0 Å². The van der Waals surface area contributed by atoms with Gasteiger partial charge in [-0.15, -0.1) is 0 Å². The first-order chi connectivity index (χ1) is 16.8. The summed E-state index contributed by atoms with van der Waals surface area (Å²) in [6.07, 6.45) is 28.7. The number of esters is 2. The zero-order chi connectivity index (χ0) is 26.2. The molecule has 208 valence electrons. The Morgan fingerprint density at radius 1 is 0.543 bits per heavy atom. The van der Waals surface area contributed by atoms with Crippen molar-refractivity contribution >= 4 is 11.9 Å². The first-order valence-electron chi connectivity index (χ1n) is 15.2. The van der Waals surface area contributed by atoms with Gasteiger partial charge < -0.3 is 9.47 Å². The Morgan fingerprint density at radius 3 is 1.17 bits per heavy atom. The molecule has 0 saturated carbocycles. The van der Waals surface area contributed by atoms with Crippen LogP contribution >= 0.6 is 0 Å². The quantitative estimate of drug-likeness (QED) is 0.0716. The normalized spacial score (nSPS) is 11.7. The predicted octanol–water partition coefficient (Wildman–Crippen LogP) is 10.1. The molecule has 0 atom stereocenters. The van der Waals surface area contributed by atoms with Gasteiger partial charge in [0.15, 0.2) is 0 Å². The summed E-state index contributed by atoms with van der Waals surface area (Å²) < 4.78 is 10.6. The van der Waals surface area contributed by atoms with Crippen molar-refractivity contribution in [1.82, 2.24) is 0 Å². The van der Waals surface area contributed by atoms with Gasteiger partial charge in [0.25, 0.3) is 5.79 Å². The molecule has 0 N–H and O–H groups in total. The molecule has 4 heteroatoms. The first-order valence-corrected chi connectivity index (χ1v) is 15.2. The van der Waals surface area contributed by atoms with Crippen molar-refractivity contribution < 1.29 is 19.1 Å². The largest absolute Gasteiger partial charge is 0.423 e. The Hall–Kier alpha value is -1.06. The van der Waals surface area contributed by atoms with E-state index in [-0.39, 0.29) is 17.9 Å². The summed E-state index contributed by atoms with van der Waals surface area (Å²) in [7, 11) is 0. The average Bonchev–Trinajstić information content (AvgIpc) is 2.79. The van der Waals surface area contributed by atoms with Crippen LogP contribution in [0.15, 0.2) is 0 Å². The summed E-state index contributed by atoms with van der Waals surface area (Å²) in [5, 5.41) is 0. The molecule has 0 heterocycles. The van der Waals surface area contributed by atoms with Crippen molar-refractivity contribution in [3.63, 3.8) is 0 Å². The minimum absolute atomic E-state index is 0.234. The molecule has 0 radical (unpaired) electrons. The van der Waals surface area contributed by atoms with Crippen molar-refractivity contribution in [2.24, 2.45) is 5.92 Å². The third kappa shape index (κ3) is 24.4. The van der Waals surface area contributed by atoms with E-state index in [2.05, 4.69) is 6.92 Å². The summed E-state index contributed by atoms with van der Waals surface area (Å²) >= 11 is 0. The van der Waals surface area contributed by atoms with Crippen LogP contribution < -0.4 is 0 Å². The zero-order valence-electron chi connectivity index (χ0n) is 24.3. The Kier molecular flexibility index (Phi) is 22.6. The Balaban J connectivity index is 3.33. The number of hydrogen-bond acceptors (Lipinski definition) is 4. The lowest BCUT2D eigenvalue weighted by molar-refractivity contribution is -0.218. The van der Waals surface area contributed by atoms with E-state index in [1.165, 1.54) is 122 Å². The van der Waals surface area contributed by atoms with Crippen LogP contribution in [0.2, 0.25) is 0 Å². The van der Waals surface area contributed by atoms with Crippen molar-refractivity contribution in [2.45, 2.75) is 182 Å². The van der Waals surface area contributed by atoms with Gasteiger partial charge in [0.2, 0.25) is 0 Å². The second-order valence-corrected chi connectivity index (χ2v) is 11.3. The summed E-state index contributed by atoms with van der Waals surface area (Å²) in [5.74, 6) is -2.06. The van der Waals surface area contributed by atoms with Crippen LogP contribution in [-0.2, 0) is 19.1 Å². The highest BCUT2D eigenvalue weighted by molar-refractivity contribution is 5.73. The fraction of sp³-hybridized carbons (Fsp3) is 0.935. The van der Waals surface area contributed by atoms with Crippen molar-refractivity contribution in [1.29, 1.82) is 0 Å². The van der Waals surface area contributed by atoms with Crippen LogP contribution in [0.5, 0.6) is 0 Å². The van der Waals surface area contributed by atoms with E-state index in [0.717, 1.165) is 12.8 Å². The fourth-order valence-electron chi connectivity index (χ4n) is 4.41. The number of unbranched alkanes of at least 4 members (excludes halogenated alkanes) is 20. The van der Waals surface area contributed by atoms with Crippen LogP contribution in [0.4, 0.5) is 0 Å². The van der Waals surface area contributed by atoms with E-state index in [1.54, 1.807) is 27.7 Å². The fourth-order valence-corrected chi connectivity index (χ4v) is 4.41. The molecule has 0 aromatic heterocycles. The molecule has 0 rings (SSSR count). The molecule has 0 aromatic rings. The van der Waals surface area contributed by atoms with E-state index in [1.807, 2.05) is 0 Å². The van der Waals surface area contributed by atoms with Gasteiger partial charge in [0.05, 0.1) is 5.92 Å². The molecule has 0 unspecified atom stereocenters. The molecule has 0 bridgehead atoms. The van der Waals surface area contributed by atoms with Gasteiger partial charge in [0, 0.05) is 20.3 Å².